The number of rotatable bonds is 5. The van der Waals surface area contributed by atoms with Gasteiger partial charge in [0.2, 0.25) is 10.0 Å². The zero-order chi connectivity index (χ0) is 19.6. The van der Waals surface area contributed by atoms with Crippen LogP contribution in [0.2, 0.25) is 0 Å². The molecule has 2 aromatic carbocycles. The summed E-state index contributed by atoms with van der Waals surface area (Å²) in [5.41, 5.74) is 2.32. The molecule has 0 bridgehead atoms. The highest BCUT2D eigenvalue weighted by atomic mass is 32.2. The average molecular weight is 390 g/mol. The van der Waals surface area contributed by atoms with Gasteiger partial charge in [0.15, 0.2) is 0 Å². The van der Waals surface area contributed by atoms with Crippen LogP contribution in [0.25, 0.3) is 0 Å². The lowest BCUT2D eigenvalue weighted by molar-refractivity contribution is 0.102. The third-order valence-electron chi connectivity index (χ3n) is 4.45. The molecule has 144 valence electrons. The molecular weight excluding hydrogens is 368 g/mol. The number of anilines is 2. The maximum Gasteiger partial charge on any atom is 0.255 e. The van der Waals surface area contributed by atoms with Crippen LogP contribution < -0.4 is 19.1 Å². The monoisotopic (exact) mass is 390 g/mol. The van der Waals surface area contributed by atoms with E-state index in [1.54, 1.807) is 36.4 Å². The third kappa shape index (κ3) is 4.00. The van der Waals surface area contributed by atoms with Crippen LogP contribution in [0.4, 0.5) is 11.4 Å². The van der Waals surface area contributed by atoms with Crippen LogP contribution in [0, 0.1) is 6.92 Å². The van der Waals surface area contributed by atoms with E-state index < -0.39 is 10.0 Å². The maximum absolute atomic E-state index is 12.6. The molecule has 1 amide bonds. The molecule has 0 spiro atoms. The Bertz CT molecular complexity index is 950. The Balaban J connectivity index is 1.88. The molecule has 0 radical (unpaired) electrons. The molecule has 7 nitrogen and oxygen atoms in total. The van der Waals surface area contributed by atoms with Gasteiger partial charge in [0.05, 0.1) is 25.7 Å². The Labute approximate surface area is 158 Å². The Hall–Kier alpha value is -2.74. The van der Waals surface area contributed by atoms with Crippen LogP contribution in [0.3, 0.4) is 0 Å². The van der Waals surface area contributed by atoms with Crippen LogP contribution in [-0.4, -0.2) is 40.8 Å². The first-order valence-corrected chi connectivity index (χ1v) is 10.1. The number of hydrogen-bond acceptors (Lipinski definition) is 5. The van der Waals surface area contributed by atoms with Crippen molar-refractivity contribution in [3.05, 3.63) is 47.5 Å². The second kappa shape index (κ2) is 7.48. The zero-order valence-electron chi connectivity index (χ0n) is 15.5. The topological polar surface area (TPSA) is 84.9 Å². The summed E-state index contributed by atoms with van der Waals surface area (Å²) in [7, 11) is -0.264. The summed E-state index contributed by atoms with van der Waals surface area (Å²) >= 11 is 0. The van der Waals surface area contributed by atoms with Crippen LogP contribution in [-0.2, 0) is 10.0 Å². The van der Waals surface area contributed by atoms with Gasteiger partial charge in [0, 0.05) is 23.9 Å². The SMILES string of the molecule is COc1cc(OC)cc(C(=O)Nc2ccc(C)c(N3CCCS3(=O)=O)c2)c1. The summed E-state index contributed by atoms with van der Waals surface area (Å²) < 4.78 is 36.2. The molecular formula is C19H22N2O5S. The fraction of sp³-hybridized carbons (Fsp3) is 0.316. The van der Waals surface area contributed by atoms with Crippen molar-refractivity contribution in [2.45, 2.75) is 13.3 Å². The van der Waals surface area contributed by atoms with Gasteiger partial charge in [-0.1, -0.05) is 6.07 Å². The highest BCUT2D eigenvalue weighted by Crippen LogP contribution is 2.30. The molecule has 1 saturated heterocycles. The van der Waals surface area contributed by atoms with E-state index in [0.29, 0.717) is 41.4 Å². The number of aryl methyl sites for hydroxylation is 1. The van der Waals surface area contributed by atoms with Crippen molar-refractivity contribution < 1.29 is 22.7 Å². The van der Waals surface area contributed by atoms with Crippen molar-refractivity contribution in [1.29, 1.82) is 0 Å². The number of benzene rings is 2. The summed E-state index contributed by atoms with van der Waals surface area (Å²) in [5, 5.41) is 2.81. The molecule has 1 N–H and O–H groups in total. The molecule has 27 heavy (non-hydrogen) atoms. The van der Waals surface area contributed by atoms with Crippen molar-refractivity contribution in [2.24, 2.45) is 0 Å². The molecule has 2 aromatic rings. The van der Waals surface area contributed by atoms with Crippen LogP contribution in [0.15, 0.2) is 36.4 Å². The first kappa shape index (κ1) is 19.0. The number of hydrogen-bond donors (Lipinski definition) is 1. The summed E-state index contributed by atoms with van der Waals surface area (Å²) in [6.45, 7) is 2.30. The van der Waals surface area contributed by atoms with E-state index in [-0.39, 0.29) is 11.7 Å². The van der Waals surface area contributed by atoms with E-state index >= 15 is 0 Å². The van der Waals surface area contributed by atoms with E-state index in [1.807, 2.05) is 6.92 Å². The lowest BCUT2D eigenvalue weighted by atomic mass is 10.1. The van der Waals surface area contributed by atoms with Crippen LogP contribution in [0.5, 0.6) is 11.5 Å². The highest BCUT2D eigenvalue weighted by Gasteiger charge is 2.29. The largest absolute Gasteiger partial charge is 0.497 e. The predicted molar refractivity (Wildman–Crippen MR) is 104 cm³/mol. The number of carbonyl (C=O) groups is 1. The minimum Gasteiger partial charge on any atom is -0.497 e. The van der Waals surface area contributed by atoms with Crippen molar-refractivity contribution in [2.75, 3.05) is 36.1 Å². The molecule has 0 aliphatic carbocycles. The lowest BCUT2D eigenvalue weighted by Gasteiger charge is -2.20. The zero-order valence-corrected chi connectivity index (χ0v) is 16.3. The first-order chi connectivity index (χ1) is 12.8. The number of ether oxygens (including phenoxy) is 2. The molecule has 1 heterocycles. The van der Waals surface area contributed by atoms with Crippen LogP contribution in [0.1, 0.15) is 22.3 Å². The van der Waals surface area contributed by atoms with Gasteiger partial charge >= 0.3 is 0 Å². The molecule has 0 atom stereocenters. The molecule has 0 unspecified atom stereocenters. The number of carbonyl (C=O) groups excluding carboxylic acids is 1. The molecule has 1 aliphatic heterocycles. The molecule has 3 rings (SSSR count). The number of amides is 1. The lowest BCUT2D eigenvalue weighted by Crippen LogP contribution is -2.26. The van der Waals surface area contributed by atoms with E-state index in [0.717, 1.165) is 5.56 Å². The van der Waals surface area contributed by atoms with E-state index in [1.165, 1.54) is 18.5 Å². The standard InChI is InChI=1S/C19H22N2O5S/c1-13-5-6-15(11-18(13)21-7-4-8-27(21,23)24)20-19(22)14-9-16(25-2)12-17(10-14)26-3/h5-6,9-12H,4,7-8H2,1-3H3,(H,20,22). The van der Waals surface area contributed by atoms with Crippen molar-refractivity contribution in [3.63, 3.8) is 0 Å². The fourth-order valence-corrected chi connectivity index (χ4v) is 4.63. The normalized spacial score (nSPS) is 15.4. The number of nitrogens with one attached hydrogen (secondary N) is 1. The summed E-state index contributed by atoms with van der Waals surface area (Å²) in [6, 6.07) is 10.1. The van der Waals surface area contributed by atoms with Gasteiger partial charge in [0.25, 0.3) is 5.91 Å². The Morgan fingerprint density at radius 3 is 2.30 bits per heavy atom. The van der Waals surface area contributed by atoms with Gasteiger partial charge in [0.1, 0.15) is 11.5 Å². The maximum atomic E-state index is 12.6. The van der Waals surface area contributed by atoms with E-state index in [9.17, 15) is 13.2 Å². The number of methoxy groups -OCH3 is 2. The van der Waals surface area contributed by atoms with Crippen LogP contribution >= 0.6 is 0 Å². The minimum atomic E-state index is -3.29. The Morgan fingerprint density at radius 2 is 1.74 bits per heavy atom. The molecule has 1 aliphatic rings. The highest BCUT2D eigenvalue weighted by molar-refractivity contribution is 7.93. The average Bonchev–Trinajstić information content (AvgIpc) is 3.01. The van der Waals surface area contributed by atoms with Gasteiger partial charge in [-0.05, 0) is 43.2 Å². The second-order valence-corrected chi connectivity index (χ2v) is 8.31. The molecule has 0 saturated carbocycles. The Kier molecular flexibility index (Phi) is 5.27. The predicted octanol–water partition coefficient (Wildman–Crippen LogP) is 2.80. The van der Waals surface area contributed by atoms with Gasteiger partial charge < -0.3 is 14.8 Å². The first-order valence-electron chi connectivity index (χ1n) is 8.49. The molecule has 8 heteroatoms. The van der Waals surface area contributed by atoms with Gasteiger partial charge in [-0.2, -0.15) is 0 Å². The minimum absolute atomic E-state index is 0.145. The smallest absolute Gasteiger partial charge is 0.255 e. The number of sulfonamides is 1. The summed E-state index contributed by atoms with van der Waals surface area (Å²) in [5.74, 6) is 0.817. The van der Waals surface area contributed by atoms with E-state index in [4.69, 9.17) is 9.47 Å². The van der Waals surface area contributed by atoms with Crippen molar-refractivity contribution >= 4 is 27.3 Å². The van der Waals surface area contributed by atoms with Gasteiger partial charge in [-0.15, -0.1) is 0 Å². The summed E-state index contributed by atoms with van der Waals surface area (Å²) in [6.07, 6.45) is 0.599. The van der Waals surface area contributed by atoms with Gasteiger partial charge in [-0.25, -0.2) is 8.42 Å². The van der Waals surface area contributed by atoms with Gasteiger partial charge in [-0.3, -0.25) is 9.10 Å². The van der Waals surface area contributed by atoms with E-state index in [2.05, 4.69) is 5.32 Å². The third-order valence-corrected chi connectivity index (χ3v) is 6.30. The summed E-state index contributed by atoms with van der Waals surface area (Å²) in [4.78, 5) is 12.6. The Morgan fingerprint density at radius 1 is 1.07 bits per heavy atom. The van der Waals surface area contributed by atoms with Crippen molar-refractivity contribution in [1.82, 2.24) is 0 Å². The quantitative estimate of drug-likeness (QED) is 0.849. The van der Waals surface area contributed by atoms with Crippen molar-refractivity contribution in [3.8, 4) is 11.5 Å². The fourth-order valence-electron chi connectivity index (χ4n) is 3.01. The number of nitrogens with zero attached hydrogens (tertiary/aromatic N) is 1. The second-order valence-electron chi connectivity index (χ2n) is 6.30. The molecule has 0 aromatic heterocycles. The molecule has 1 fully saturated rings.